The number of hydrogen-bond donors (Lipinski definition) is 1. The van der Waals surface area contributed by atoms with Crippen molar-refractivity contribution in [3.63, 3.8) is 0 Å². The molecule has 98 valence electrons. The topological polar surface area (TPSA) is 66.8 Å². The normalized spacial score (nSPS) is 19.9. The molecule has 0 spiro atoms. The van der Waals surface area contributed by atoms with Gasteiger partial charge in [0.15, 0.2) is 6.10 Å². The first kappa shape index (κ1) is 14.0. The van der Waals surface area contributed by atoms with Crippen molar-refractivity contribution in [1.29, 1.82) is 0 Å². The molecule has 1 fully saturated rings. The maximum absolute atomic E-state index is 12.2. The van der Waals surface area contributed by atoms with Gasteiger partial charge in [0.2, 0.25) is 0 Å². The number of aliphatic carboxylic acids is 1. The molecule has 18 heavy (non-hydrogen) atoms. The van der Waals surface area contributed by atoms with Gasteiger partial charge in [0.1, 0.15) is 0 Å². The lowest BCUT2D eigenvalue weighted by Gasteiger charge is -2.30. The number of carboxylic acid groups (broad SMARTS) is 1. The zero-order valence-electron chi connectivity index (χ0n) is 9.06. The van der Waals surface area contributed by atoms with E-state index >= 15 is 0 Å². The number of nitrogens with zero attached hydrogens (tertiary/aromatic N) is 1. The Kier molecular flexibility index (Phi) is 4.41. The molecule has 1 atom stereocenters. The summed E-state index contributed by atoms with van der Waals surface area (Å²) < 4.78 is 6.66. The van der Waals surface area contributed by atoms with E-state index in [4.69, 9.17) is 9.84 Å². The van der Waals surface area contributed by atoms with E-state index < -0.39 is 12.1 Å². The van der Waals surface area contributed by atoms with Gasteiger partial charge < -0.3 is 14.7 Å². The molecule has 0 saturated carbocycles. The van der Waals surface area contributed by atoms with E-state index in [9.17, 15) is 9.59 Å². The molecular formula is C10H9Br2NO4S. The fourth-order valence-corrected chi connectivity index (χ4v) is 4.42. The van der Waals surface area contributed by atoms with Crippen molar-refractivity contribution < 1.29 is 19.4 Å². The second-order valence-corrected chi connectivity index (χ2v) is 7.44. The van der Waals surface area contributed by atoms with E-state index in [2.05, 4.69) is 31.9 Å². The summed E-state index contributed by atoms with van der Waals surface area (Å²) >= 11 is 8.04. The molecule has 1 aliphatic rings. The van der Waals surface area contributed by atoms with Crippen LogP contribution in [-0.2, 0) is 9.53 Å². The van der Waals surface area contributed by atoms with Crippen LogP contribution in [0.3, 0.4) is 0 Å². The summed E-state index contributed by atoms with van der Waals surface area (Å²) in [6, 6.07) is 1.72. The van der Waals surface area contributed by atoms with E-state index in [1.807, 2.05) is 0 Å². The zero-order valence-corrected chi connectivity index (χ0v) is 13.0. The van der Waals surface area contributed by atoms with Gasteiger partial charge in [0.25, 0.3) is 5.91 Å². The van der Waals surface area contributed by atoms with Crippen LogP contribution in [0.4, 0.5) is 0 Å². The SMILES string of the molecule is O=C(O)C1CN(C(=O)c2cc(Br)sc2Br)CCO1. The van der Waals surface area contributed by atoms with E-state index in [0.717, 1.165) is 7.57 Å². The standard InChI is InChI=1S/C10H9Br2NO4S/c11-7-3-5(8(12)18-7)9(14)13-1-2-17-6(4-13)10(15)16/h3,6H,1-2,4H2,(H,15,16). The number of amides is 1. The number of carbonyl (C=O) groups excluding carboxylic acids is 1. The molecular weight excluding hydrogens is 390 g/mol. The minimum absolute atomic E-state index is 0.0775. The van der Waals surface area contributed by atoms with Crippen LogP contribution in [-0.4, -0.2) is 47.7 Å². The summed E-state index contributed by atoms with van der Waals surface area (Å²) in [5.74, 6) is -1.23. The Balaban J connectivity index is 2.14. The summed E-state index contributed by atoms with van der Waals surface area (Å²) in [6.45, 7) is 0.724. The Labute approximate surface area is 124 Å². The second kappa shape index (κ2) is 5.68. The van der Waals surface area contributed by atoms with Crippen LogP contribution in [0.15, 0.2) is 13.6 Å². The lowest BCUT2D eigenvalue weighted by atomic mass is 10.2. The van der Waals surface area contributed by atoms with Crippen molar-refractivity contribution in [3.8, 4) is 0 Å². The molecule has 2 heterocycles. The first-order chi connectivity index (χ1) is 8.49. The molecule has 1 saturated heterocycles. The van der Waals surface area contributed by atoms with Crippen molar-refractivity contribution >= 4 is 55.1 Å². The summed E-state index contributed by atoms with van der Waals surface area (Å²) in [4.78, 5) is 24.6. The third-order valence-corrected chi connectivity index (χ3v) is 4.86. The Hall–Kier alpha value is -0.440. The molecule has 5 nitrogen and oxygen atoms in total. The summed E-state index contributed by atoms with van der Waals surface area (Å²) in [7, 11) is 0. The predicted molar refractivity (Wildman–Crippen MR) is 73.0 cm³/mol. The molecule has 1 aromatic rings. The highest BCUT2D eigenvalue weighted by molar-refractivity contribution is 9.12. The molecule has 0 aliphatic carbocycles. The minimum Gasteiger partial charge on any atom is -0.479 e. The molecule has 1 unspecified atom stereocenters. The smallest absolute Gasteiger partial charge is 0.334 e. The summed E-state index contributed by atoms with van der Waals surface area (Å²) in [5, 5.41) is 8.89. The van der Waals surface area contributed by atoms with Gasteiger partial charge in [-0.25, -0.2) is 4.79 Å². The summed E-state index contributed by atoms with van der Waals surface area (Å²) in [6.07, 6.45) is -0.941. The zero-order chi connectivity index (χ0) is 13.3. The molecule has 1 amide bonds. The van der Waals surface area contributed by atoms with Crippen LogP contribution < -0.4 is 0 Å². The van der Waals surface area contributed by atoms with Gasteiger partial charge in [-0.3, -0.25) is 4.79 Å². The number of hydrogen-bond acceptors (Lipinski definition) is 4. The van der Waals surface area contributed by atoms with Crippen molar-refractivity contribution in [1.82, 2.24) is 4.90 Å². The van der Waals surface area contributed by atoms with Crippen molar-refractivity contribution in [3.05, 3.63) is 19.2 Å². The number of halogens is 2. The van der Waals surface area contributed by atoms with Crippen LogP contribution >= 0.6 is 43.2 Å². The van der Waals surface area contributed by atoms with Crippen LogP contribution in [0.2, 0.25) is 0 Å². The maximum atomic E-state index is 12.2. The third-order valence-electron chi connectivity index (χ3n) is 2.52. The monoisotopic (exact) mass is 397 g/mol. The highest BCUT2D eigenvalue weighted by Crippen LogP contribution is 2.32. The third kappa shape index (κ3) is 2.93. The molecule has 1 aliphatic heterocycles. The van der Waals surface area contributed by atoms with Gasteiger partial charge in [-0.2, -0.15) is 0 Å². The van der Waals surface area contributed by atoms with Crippen LogP contribution in [0.1, 0.15) is 10.4 Å². The number of ether oxygens (including phenoxy) is 1. The van der Waals surface area contributed by atoms with Gasteiger partial charge in [0.05, 0.1) is 26.3 Å². The molecule has 8 heteroatoms. The first-order valence-corrected chi connectivity index (χ1v) is 7.48. The lowest BCUT2D eigenvalue weighted by molar-refractivity contribution is -0.154. The molecule has 1 aromatic heterocycles. The molecule has 0 bridgehead atoms. The molecule has 2 rings (SSSR count). The largest absolute Gasteiger partial charge is 0.479 e. The van der Waals surface area contributed by atoms with Crippen LogP contribution in [0.5, 0.6) is 0 Å². The highest BCUT2D eigenvalue weighted by atomic mass is 79.9. The first-order valence-electron chi connectivity index (χ1n) is 5.07. The number of carbonyl (C=O) groups is 2. The van der Waals surface area contributed by atoms with Gasteiger partial charge in [0, 0.05) is 6.54 Å². The molecule has 0 aromatic carbocycles. The second-order valence-electron chi connectivity index (χ2n) is 3.69. The molecule has 0 radical (unpaired) electrons. The number of rotatable bonds is 2. The van der Waals surface area contributed by atoms with E-state index in [-0.39, 0.29) is 19.1 Å². The quantitative estimate of drug-likeness (QED) is 0.829. The number of morpholine rings is 1. The summed E-state index contributed by atoms with van der Waals surface area (Å²) in [5.41, 5.74) is 0.540. The fourth-order valence-electron chi connectivity index (χ4n) is 1.64. The van der Waals surface area contributed by atoms with Gasteiger partial charge in [-0.05, 0) is 37.9 Å². The maximum Gasteiger partial charge on any atom is 0.334 e. The van der Waals surface area contributed by atoms with Crippen LogP contribution in [0, 0.1) is 0 Å². The average molecular weight is 399 g/mol. The van der Waals surface area contributed by atoms with Gasteiger partial charge >= 0.3 is 5.97 Å². The van der Waals surface area contributed by atoms with E-state index in [1.54, 1.807) is 6.07 Å². The van der Waals surface area contributed by atoms with Crippen molar-refractivity contribution in [2.24, 2.45) is 0 Å². The Morgan fingerprint density at radius 2 is 2.22 bits per heavy atom. The Morgan fingerprint density at radius 1 is 1.50 bits per heavy atom. The minimum atomic E-state index is -1.04. The molecule has 1 N–H and O–H groups in total. The van der Waals surface area contributed by atoms with Crippen LogP contribution in [0.25, 0.3) is 0 Å². The Bertz CT molecular complexity index is 490. The van der Waals surface area contributed by atoms with Crippen molar-refractivity contribution in [2.45, 2.75) is 6.10 Å². The van der Waals surface area contributed by atoms with E-state index in [1.165, 1.54) is 16.2 Å². The van der Waals surface area contributed by atoms with Gasteiger partial charge in [-0.15, -0.1) is 11.3 Å². The van der Waals surface area contributed by atoms with Crippen molar-refractivity contribution in [2.75, 3.05) is 19.7 Å². The number of thiophene rings is 1. The van der Waals surface area contributed by atoms with E-state index in [0.29, 0.717) is 12.1 Å². The average Bonchev–Trinajstić information content (AvgIpc) is 2.67. The van der Waals surface area contributed by atoms with Gasteiger partial charge in [-0.1, -0.05) is 0 Å². The predicted octanol–water partition coefficient (Wildman–Crippen LogP) is 2.20. The fraction of sp³-hybridized carbons (Fsp3) is 0.400. The lowest BCUT2D eigenvalue weighted by Crippen LogP contribution is -2.48. The Morgan fingerprint density at radius 3 is 2.78 bits per heavy atom. The number of carboxylic acids is 1. The highest BCUT2D eigenvalue weighted by Gasteiger charge is 2.30.